The first-order valence-corrected chi connectivity index (χ1v) is 9.82. The van der Waals surface area contributed by atoms with Gasteiger partial charge in [0.1, 0.15) is 11.8 Å². The number of hydrogen-bond acceptors (Lipinski definition) is 7. The largest absolute Gasteiger partial charge is 0.454 e. The van der Waals surface area contributed by atoms with Crippen molar-refractivity contribution in [3.8, 4) is 0 Å². The number of hydrogen-bond donors (Lipinski definition) is 1. The van der Waals surface area contributed by atoms with Gasteiger partial charge >= 0.3 is 5.97 Å². The Morgan fingerprint density at radius 1 is 1.24 bits per heavy atom. The lowest BCUT2D eigenvalue weighted by Gasteiger charge is -2.37. The fraction of sp³-hybridized carbons (Fsp3) is 0.550. The minimum absolute atomic E-state index is 0.0939. The molecule has 2 heterocycles. The van der Waals surface area contributed by atoms with Crippen molar-refractivity contribution in [2.24, 2.45) is 35.5 Å². The Labute approximate surface area is 166 Å². The lowest BCUT2D eigenvalue weighted by atomic mass is 9.63. The van der Waals surface area contributed by atoms with E-state index in [0.717, 1.165) is 11.3 Å². The molecule has 29 heavy (non-hydrogen) atoms. The number of nitrogens with one attached hydrogen (secondary N) is 1. The van der Waals surface area contributed by atoms with Crippen LogP contribution in [0.2, 0.25) is 0 Å². The van der Waals surface area contributed by atoms with E-state index in [1.807, 2.05) is 0 Å². The van der Waals surface area contributed by atoms with E-state index in [-0.39, 0.29) is 41.3 Å². The minimum atomic E-state index is -1.07. The molecule has 3 fully saturated rings. The van der Waals surface area contributed by atoms with Gasteiger partial charge < -0.3 is 14.6 Å². The van der Waals surface area contributed by atoms with Crippen LogP contribution in [0.25, 0.3) is 0 Å². The molecule has 0 unspecified atom stereocenters. The number of likely N-dealkylation sites (tertiary alicyclic amines) is 1. The maximum Gasteiger partial charge on any atom is 0.329 e. The van der Waals surface area contributed by atoms with Crippen LogP contribution in [0.15, 0.2) is 22.7 Å². The van der Waals surface area contributed by atoms with Gasteiger partial charge in [0.15, 0.2) is 12.4 Å². The van der Waals surface area contributed by atoms with Gasteiger partial charge in [0.25, 0.3) is 5.91 Å². The topological polar surface area (TPSA) is 119 Å². The summed E-state index contributed by atoms with van der Waals surface area (Å²) in [6, 6.07) is 0.455. The standard InChI is InChI=1S/C20H21N3O6/c1-8-5-14(22-29-8)21-15(24)7-28-20(27)9(2)23-18(25)16-10-3-4-11(13-6-12(10)13)17(16)19(23)26/h3-5,9-13,16-17H,6-7H2,1-2H3,(H,21,22,24)/t9-,10-,11-,12-,13-,16+,17+/m0/s1. The average Bonchev–Trinajstić information content (AvgIpc) is 3.37. The molecule has 0 aromatic carbocycles. The molecule has 2 bridgehead atoms. The molecule has 9 heteroatoms. The van der Waals surface area contributed by atoms with E-state index < -0.39 is 24.5 Å². The Balaban J connectivity index is 1.22. The van der Waals surface area contributed by atoms with Crippen LogP contribution in [0.1, 0.15) is 19.1 Å². The number of imide groups is 1. The number of aryl methyl sites for hydroxylation is 1. The molecule has 1 aromatic rings. The van der Waals surface area contributed by atoms with E-state index in [1.54, 1.807) is 6.92 Å². The maximum atomic E-state index is 13.0. The van der Waals surface area contributed by atoms with Crippen LogP contribution >= 0.6 is 0 Å². The monoisotopic (exact) mass is 399 g/mol. The zero-order valence-electron chi connectivity index (χ0n) is 16.0. The van der Waals surface area contributed by atoms with Gasteiger partial charge in [-0.2, -0.15) is 0 Å². The second-order valence-corrected chi connectivity index (χ2v) is 8.36. The van der Waals surface area contributed by atoms with Gasteiger partial charge in [-0.1, -0.05) is 17.3 Å². The van der Waals surface area contributed by atoms with E-state index in [2.05, 4.69) is 22.6 Å². The van der Waals surface area contributed by atoms with E-state index in [0.29, 0.717) is 17.6 Å². The lowest BCUT2D eigenvalue weighted by molar-refractivity contribution is -0.159. The maximum absolute atomic E-state index is 13.0. The van der Waals surface area contributed by atoms with E-state index in [9.17, 15) is 19.2 Å². The molecular weight excluding hydrogens is 378 g/mol. The van der Waals surface area contributed by atoms with Crippen molar-refractivity contribution in [1.82, 2.24) is 10.1 Å². The van der Waals surface area contributed by atoms with Gasteiger partial charge in [-0.25, -0.2) is 4.79 Å². The number of nitrogens with zero attached hydrogens (tertiary/aromatic N) is 2. The molecule has 1 aliphatic heterocycles. The molecule has 2 saturated carbocycles. The molecule has 9 nitrogen and oxygen atoms in total. The Morgan fingerprint density at radius 3 is 2.41 bits per heavy atom. The first-order chi connectivity index (χ1) is 13.9. The number of aromatic nitrogens is 1. The fourth-order valence-electron chi connectivity index (χ4n) is 5.33. The normalized spacial score (nSPS) is 34.6. The van der Waals surface area contributed by atoms with Gasteiger partial charge in [-0.3, -0.25) is 19.3 Å². The van der Waals surface area contributed by atoms with Crippen molar-refractivity contribution in [3.63, 3.8) is 0 Å². The van der Waals surface area contributed by atoms with Crippen LogP contribution < -0.4 is 5.32 Å². The number of anilines is 1. The Hall–Kier alpha value is -2.97. The first kappa shape index (κ1) is 18.1. The minimum Gasteiger partial charge on any atom is -0.454 e. The highest BCUT2D eigenvalue weighted by atomic mass is 16.5. The number of ether oxygens (including phenoxy) is 1. The van der Waals surface area contributed by atoms with Crippen LogP contribution in [0.4, 0.5) is 5.82 Å². The first-order valence-electron chi connectivity index (χ1n) is 9.82. The molecule has 0 spiro atoms. The van der Waals surface area contributed by atoms with E-state index in [4.69, 9.17) is 9.26 Å². The quantitative estimate of drug-likeness (QED) is 0.444. The number of allylic oxidation sites excluding steroid dienone is 2. The molecule has 3 amide bonds. The molecule has 7 atom stereocenters. The smallest absolute Gasteiger partial charge is 0.329 e. The van der Waals surface area contributed by atoms with Gasteiger partial charge in [0.05, 0.1) is 11.8 Å². The van der Waals surface area contributed by atoms with Gasteiger partial charge in [0.2, 0.25) is 11.8 Å². The molecule has 1 aromatic heterocycles. The summed E-state index contributed by atoms with van der Waals surface area (Å²) >= 11 is 0. The van der Waals surface area contributed by atoms with E-state index in [1.165, 1.54) is 13.0 Å². The van der Waals surface area contributed by atoms with Crippen molar-refractivity contribution in [2.45, 2.75) is 26.3 Å². The summed E-state index contributed by atoms with van der Waals surface area (Å²) in [5.74, 6) is -0.780. The highest BCUT2D eigenvalue weighted by Crippen LogP contribution is 2.65. The Kier molecular flexibility index (Phi) is 3.91. The predicted octanol–water partition coefficient (Wildman–Crippen LogP) is 0.906. The van der Waals surface area contributed by atoms with Crippen molar-refractivity contribution < 1.29 is 28.4 Å². The SMILES string of the molecule is Cc1cc(NC(=O)COC(=O)[C@H](C)N2C(=O)[C@@H]3[C@H]4C=C[C@@H]([C@@H]5C[C@@H]45)[C@H]3C2=O)no1. The van der Waals surface area contributed by atoms with Crippen LogP contribution in [0.3, 0.4) is 0 Å². The number of carbonyl (C=O) groups is 4. The van der Waals surface area contributed by atoms with Crippen LogP contribution in [0.5, 0.6) is 0 Å². The lowest BCUT2D eigenvalue weighted by Crippen LogP contribution is -2.45. The zero-order chi connectivity index (χ0) is 20.4. The molecular formula is C20H21N3O6. The molecule has 1 saturated heterocycles. The van der Waals surface area contributed by atoms with Crippen LogP contribution in [0, 0.1) is 42.4 Å². The van der Waals surface area contributed by atoms with E-state index >= 15 is 0 Å². The zero-order valence-corrected chi connectivity index (χ0v) is 16.0. The van der Waals surface area contributed by atoms with Crippen LogP contribution in [-0.4, -0.2) is 46.4 Å². The van der Waals surface area contributed by atoms with Crippen molar-refractivity contribution in [2.75, 3.05) is 11.9 Å². The molecule has 6 rings (SSSR count). The second kappa shape index (κ2) is 6.27. The van der Waals surface area contributed by atoms with Crippen molar-refractivity contribution in [3.05, 3.63) is 24.0 Å². The molecule has 4 aliphatic carbocycles. The van der Waals surface area contributed by atoms with Gasteiger partial charge in [-0.05, 0) is 43.9 Å². The van der Waals surface area contributed by atoms with Crippen molar-refractivity contribution in [1.29, 1.82) is 0 Å². The van der Waals surface area contributed by atoms with Crippen molar-refractivity contribution >= 4 is 29.5 Å². The predicted molar refractivity (Wildman–Crippen MR) is 96.8 cm³/mol. The highest BCUT2D eigenvalue weighted by Gasteiger charge is 2.67. The number of rotatable bonds is 5. The Morgan fingerprint density at radius 2 is 1.86 bits per heavy atom. The number of carbonyl (C=O) groups excluding carboxylic acids is 4. The fourth-order valence-corrected chi connectivity index (χ4v) is 5.33. The molecule has 152 valence electrons. The Bertz CT molecular complexity index is 916. The second-order valence-electron chi connectivity index (χ2n) is 8.36. The molecule has 5 aliphatic rings. The summed E-state index contributed by atoms with van der Waals surface area (Å²) in [6.45, 7) is 2.59. The molecule has 0 radical (unpaired) electrons. The summed E-state index contributed by atoms with van der Waals surface area (Å²) in [5, 5.41) is 6.06. The molecule has 1 N–H and O–H groups in total. The summed E-state index contributed by atoms with van der Waals surface area (Å²) in [7, 11) is 0. The summed E-state index contributed by atoms with van der Waals surface area (Å²) in [4.78, 5) is 51.4. The number of amides is 3. The summed E-state index contributed by atoms with van der Waals surface area (Å²) in [6.07, 6.45) is 5.23. The average molecular weight is 399 g/mol. The third kappa shape index (κ3) is 2.71. The van der Waals surface area contributed by atoms with Gasteiger partial charge in [0, 0.05) is 6.07 Å². The van der Waals surface area contributed by atoms with Gasteiger partial charge in [-0.15, -0.1) is 0 Å². The highest BCUT2D eigenvalue weighted by molar-refractivity contribution is 6.08. The summed E-state index contributed by atoms with van der Waals surface area (Å²) < 4.78 is 9.88. The third-order valence-corrected chi connectivity index (χ3v) is 6.67. The third-order valence-electron chi connectivity index (χ3n) is 6.67. The summed E-state index contributed by atoms with van der Waals surface area (Å²) in [5.41, 5.74) is 0. The number of esters is 1. The van der Waals surface area contributed by atoms with Crippen LogP contribution in [-0.2, 0) is 23.9 Å².